The molecule has 0 saturated heterocycles. The van der Waals surface area contributed by atoms with E-state index in [0.717, 1.165) is 6.08 Å². The second kappa shape index (κ2) is 5.53. The van der Waals surface area contributed by atoms with Gasteiger partial charge in [-0.2, -0.15) is 0 Å². The third kappa shape index (κ3) is 3.38. The Morgan fingerprint density at radius 3 is 2.87 bits per heavy atom. The van der Waals surface area contributed by atoms with Gasteiger partial charge in [-0.3, -0.25) is 0 Å². The Hall–Kier alpha value is -1.32. The summed E-state index contributed by atoms with van der Waals surface area (Å²) in [6, 6.07) is 3.46. The molecule has 80 valence electrons. The molecule has 1 heterocycles. The molecular formula is C10H10O4Se. The van der Waals surface area contributed by atoms with Crippen LogP contribution in [0, 0.1) is 0 Å². The van der Waals surface area contributed by atoms with E-state index in [9.17, 15) is 14.7 Å². The third-order valence-corrected chi connectivity index (χ3v) is 3.37. The predicted molar refractivity (Wildman–Crippen MR) is 55.1 cm³/mol. The van der Waals surface area contributed by atoms with Crippen molar-refractivity contribution in [3.8, 4) is 0 Å². The minimum atomic E-state index is -0.870. The van der Waals surface area contributed by atoms with Gasteiger partial charge in [-0.05, 0) is 0 Å². The second-order valence-corrected chi connectivity index (χ2v) is 4.58. The fourth-order valence-corrected chi connectivity index (χ4v) is 2.21. The number of carbonyl (C=O) groups excluding carboxylic acids is 2. The van der Waals surface area contributed by atoms with E-state index in [1.807, 2.05) is 4.94 Å². The summed E-state index contributed by atoms with van der Waals surface area (Å²) in [5.41, 5.74) is 0. The van der Waals surface area contributed by atoms with Gasteiger partial charge in [0, 0.05) is 0 Å². The zero-order valence-electron chi connectivity index (χ0n) is 8.10. The van der Waals surface area contributed by atoms with E-state index in [-0.39, 0.29) is 26.9 Å². The first-order valence-corrected chi connectivity index (χ1v) is 6.15. The molecule has 1 N–H and O–H groups in total. The molecule has 0 atom stereocenters. The van der Waals surface area contributed by atoms with E-state index in [1.165, 1.54) is 0 Å². The first-order chi connectivity index (χ1) is 7.15. The molecule has 0 amide bonds. The van der Waals surface area contributed by atoms with Gasteiger partial charge in [-0.1, -0.05) is 0 Å². The van der Waals surface area contributed by atoms with Gasteiger partial charge < -0.3 is 0 Å². The van der Waals surface area contributed by atoms with Gasteiger partial charge >= 0.3 is 92.6 Å². The van der Waals surface area contributed by atoms with Crippen molar-refractivity contribution in [2.75, 3.05) is 6.61 Å². The van der Waals surface area contributed by atoms with Crippen LogP contribution < -0.4 is 0 Å². The predicted octanol–water partition coefficient (Wildman–Crippen LogP) is 0.931. The second-order valence-electron chi connectivity index (χ2n) is 2.59. The van der Waals surface area contributed by atoms with Gasteiger partial charge in [0.25, 0.3) is 0 Å². The SMILES string of the molecule is CCOC(=O)/C(O)=C/C(=O)c1ccc[se]1. The van der Waals surface area contributed by atoms with E-state index < -0.39 is 11.7 Å². The van der Waals surface area contributed by atoms with Gasteiger partial charge in [0.15, 0.2) is 0 Å². The van der Waals surface area contributed by atoms with Gasteiger partial charge in [-0.15, -0.1) is 0 Å². The molecular weight excluding hydrogens is 263 g/mol. The van der Waals surface area contributed by atoms with E-state index in [2.05, 4.69) is 4.74 Å². The molecule has 0 spiro atoms. The van der Waals surface area contributed by atoms with Gasteiger partial charge in [0.1, 0.15) is 0 Å². The molecule has 0 saturated carbocycles. The Balaban J connectivity index is 2.71. The molecule has 0 fully saturated rings. The summed E-state index contributed by atoms with van der Waals surface area (Å²) < 4.78 is 5.14. The topological polar surface area (TPSA) is 63.6 Å². The summed E-state index contributed by atoms with van der Waals surface area (Å²) in [5, 5.41) is 9.20. The van der Waals surface area contributed by atoms with Crippen molar-refractivity contribution in [1.82, 2.24) is 0 Å². The van der Waals surface area contributed by atoms with Crippen molar-refractivity contribution in [2.45, 2.75) is 6.92 Å². The first kappa shape index (κ1) is 11.8. The molecule has 0 aliphatic rings. The Morgan fingerprint density at radius 2 is 2.33 bits per heavy atom. The number of ketones is 1. The molecule has 0 radical (unpaired) electrons. The minimum absolute atomic E-state index is 0.00250. The molecule has 1 rings (SSSR count). The number of aliphatic hydroxyl groups excluding tert-OH is 1. The van der Waals surface area contributed by atoms with Crippen LogP contribution in [0.4, 0.5) is 0 Å². The maximum atomic E-state index is 11.4. The number of ether oxygens (including phenoxy) is 1. The summed E-state index contributed by atoms with van der Waals surface area (Å²) in [7, 11) is 0. The van der Waals surface area contributed by atoms with Crippen molar-refractivity contribution in [3.05, 3.63) is 33.3 Å². The van der Waals surface area contributed by atoms with Crippen molar-refractivity contribution in [3.63, 3.8) is 0 Å². The van der Waals surface area contributed by atoms with Crippen LogP contribution in [-0.4, -0.2) is 38.0 Å². The summed E-state index contributed by atoms with van der Waals surface area (Å²) in [4.78, 5) is 24.3. The monoisotopic (exact) mass is 274 g/mol. The molecule has 0 aliphatic carbocycles. The number of aliphatic hydroxyl groups is 1. The molecule has 0 bridgehead atoms. The molecule has 15 heavy (non-hydrogen) atoms. The van der Waals surface area contributed by atoms with E-state index >= 15 is 0 Å². The number of hydrogen-bond donors (Lipinski definition) is 1. The molecule has 0 aliphatic heterocycles. The van der Waals surface area contributed by atoms with Gasteiger partial charge in [0.05, 0.1) is 0 Å². The fourth-order valence-electron chi connectivity index (χ4n) is 0.878. The number of allylic oxidation sites excluding steroid dienone is 1. The Labute approximate surface area is 92.9 Å². The number of esters is 1. The van der Waals surface area contributed by atoms with Crippen molar-refractivity contribution in [1.29, 1.82) is 0 Å². The Morgan fingerprint density at radius 1 is 1.60 bits per heavy atom. The Bertz CT molecular complexity index is 378. The molecule has 5 heteroatoms. The first-order valence-electron chi connectivity index (χ1n) is 4.30. The van der Waals surface area contributed by atoms with E-state index in [1.54, 1.807) is 19.1 Å². The van der Waals surface area contributed by atoms with Crippen LogP contribution >= 0.6 is 0 Å². The summed E-state index contributed by atoms with van der Waals surface area (Å²) in [6.45, 7) is 1.79. The normalized spacial score (nSPS) is 11.1. The van der Waals surface area contributed by atoms with E-state index in [0.29, 0.717) is 4.44 Å². The van der Waals surface area contributed by atoms with Crippen LogP contribution in [0.25, 0.3) is 0 Å². The summed E-state index contributed by atoms with van der Waals surface area (Å²) in [5.74, 6) is -1.86. The average Bonchev–Trinajstić information content (AvgIpc) is 2.70. The average molecular weight is 273 g/mol. The zero-order chi connectivity index (χ0) is 11.3. The van der Waals surface area contributed by atoms with Crippen LogP contribution in [-0.2, 0) is 9.53 Å². The quantitative estimate of drug-likeness (QED) is 0.291. The molecule has 4 nitrogen and oxygen atoms in total. The third-order valence-electron chi connectivity index (χ3n) is 1.52. The molecule has 1 aromatic heterocycles. The van der Waals surface area contributed by atoms with Crippen molar-refractivity contribution < 1.29 is 19.4 Å². The van der Waals surface area contributed by atoms with Crippen LogP contribution in [0.3, 0.4) is 0 Å². The van der Waals surface area contributed by atoms with Crippen LogP contribution in [0.2, 0.25) is 0 Å². The standard InChI is InChI=1S/C10H10O4Se/c1-2-14-10(13)8(12)6-7(11)9-4-3-5-15-9/h3-6,12H,2H2,1H3/b8-6-. The van der Waals surface area contributed by atoms with Crippen LogP contribution in [0.15, 0.2) is 28.9 Å². The van der Waals surface area contributed by atoms with Crippen molar-refractivity contribution >= 4 is 26.3 Å². The van der Waals surface area contributed by atoms with Crippen molar-refractivity contribution in [2.24, 2.45) is 0 Å². The van der Waals surface area contributed by atoms with Gasteiger partial charge in [0.2, 0.25) is 0 Å². The van der Waals surface area contributed by atoms with Crippen LogP contribution in [0.5, 0.6) is 0 Å². The molecule has 0 unspecified atom stereocenters. The zero-order valence-corrected chi connectivity index (χ0v) is 9.81. The number of hydrogen-bond acceptors (Lipinski definition) is 4. The van der Waals surface area contributed by atoms with E-state index in [4.69, 9.17) is 0 Å². The number of rotatable bonds is 4. The molecule has 1 aromatic rings. The maximum absolute atomic E-state index is 11.4. The summed E-state index contributed by atoms with van der Waals surface area (Å²) in [6.07, 6.45) is 0.901. The van der Waals surface area contributed by atoms with Crippen LogP contribution in [0.1, 0.15) is 16.2 Å². The summed E-state index contributed by atoms with van der Waals surface area (Å²) >= 11 is 0.00250. The molecule has 0 aromatic carbocycles. The number of carbonyl (C=O) groups is 2. The van der Waals surface area contributed by atoms with Gasteiger partial charge in [-0.25, -0.2) is 0 Å². The fraction of sp³-hybridized carbons (Fsp3) is 0.200. The Kier molecular flexibility index (Phi) is 4.34.